The third-order valence-corrected chi connectivity index (χ3v) is 2.89. The Balaban J connectivity index is 3.57. The van der Waals surface area contributed by atoms with E-state index >= 15 is 0 Å². The zero-order valence-corrected chi connectivity index (χ0v) is 11.1. The minimum Gasteiger partial charge on any atom is -0.355 e. The van der Waals surface area contributed by atoms with Crippen molar-refractivity contribution in [3.63, 3.8) is 0 Å². The molecule has 0 fully saturated rings. The van der Waals surface area contributed by atoms with Crippen molar-refractivity contribution in [1.29, 1.82) is 0 Å². The molecule has 3 N–H and O–H groups in total. The topological polar surface area (TPSA) is 58.4 Å². The number of carbonyl (C=O) groups excluding carboxylic acids is 1. The Labute approximate surface area is 99.6 Å². The molecular weight excluding hydrogens is 202 g/mol. The van der Waals surface area contributed by atoms with Crippen LogP contribution < -0.4 is 11.1 Å². The number of hydrogen-bond donors (Lipinski definition) is 2. The van der Waals surface area contributed by atoms with Gasteiger partial charge >= 0.3 is 0 Å². The van der Waals surface area contributed by atoms with Crippen LogP contribution in [0.25, 0.3) is 0 Å². The minimum absolute atomic E-state index is 0.0146. The van der Waals surface area contributed by atoms with Crippen LogP contribution in [0.5, 0.6) is 0 Å². The SMILES string of the molecule is CCC(C)C(N)C(=O)NCCCCN(C)C. The fourth-order valence-electron chi connectivity index (χ4n) is 1.39. The molecule has 0 aliphatic heterocycles. The molecule has 0 rings (SSSR count). The molecule has 0 saturated carbocycles. The van der Waals surface area contributed by atoms with Gasteiger partial charge in [-0.05, 0) is 39.4 Å². The summed E-state index contributed by atoms with van der Waals surface area (Å²) in [5, 5.41) is 2.89. The molecule has 2 atom stereocenters. The average Bonchev–Trinajstić information content (AvgIpc) is 2.25. The zero-order chi connectivity index (χ0) is 12.6. The van der Waals surface area contributed by atoms with E-state index in [2.05, 4.69) is 31.2 Å². The Kier molecular flexibility index (Phi) is 8.21. The molecule has 1 amide bonds. The number of carbonyl (C=O) groups is 1. The van der Waals surface area contributed by atoms with Gasteiger partial charge in [0.25, 0.3) is 0 Å². The average molecular weight is 229 g/mol. The van der Waals surface area contributed by atoms with Crippen LogP contribution in [-0.2, 0) is 4.79 Å². The summed E-state index contributed by atoms with van der Waals surface area (Å²) in [4.78, 5) is 13.7. The number of unbranched alkanes of at least 4 members (excludes halogenated alkanes) is 1. The summed E-state index contributed by atoms with van der Waals surface area (Å²) in [7, 11) is 4.11. The quantitative estimate of drug-likeness (QED) is 0.606. The lowest BCUT2D eigenvalue weighted by molar-refractivity contribution is -0.123. The van der Waals surface area contributed by atoms with Crippen molar-refractivity contribution in [3.8, 4) is 0 Å². The van der Waals surface area contributed by atoms with E-state index in [1.807, 2.05) is 6.92 Å². The first-order valence-corrected chi connectivity index (χ1v) is 6.17. The summed E-state index contributed by atoms with van der Waals surface area (Å²) in [6.07, 6.45) is 3.05. The van der Waals surface area contributed by atoms with E-state index in [0.717, 1.165) is 32.4 Å². The predicted molar refractivity (Wildman–Crippen MR) is 68.2 cm³/mol. The second kappa shape index (κ2) is 8.53. The third-order valence-electron chi connectivity index (χ3n) is 2.89. The Morgan fingerprint density at radius 3 is 2.50 bits per heavy atom. The molecular formula is C12H27N3O. The van der Waals surface area contributed by atoms with E-state index in [0.29, 0.717) is 0 Å². The first-order valence-electron chi connectivity index (χ1n) is 6.17. The smallest absolute Gasteiger partial charge is 0.237 e. The maximum atomic E-state index is 11.6. The number of rotatable bonds is 8. The van der Waals surface area contributed by atoms with Crippen LogP contribution in [0.4, 0.5) is 0 Å². The van der Waals surface area contributed by atoms with Crippen molar-refractivity contribution in [1.82, 2.24) is 10.2 Å². The van der Waals surface area contributed by atoms with Crippen molar-refractivity contribution in [2.45, 2.75) is 39.2 Å². The van der Waals surface area contributed by atoms with Gasteiger partial charge in [-0.3, -0.25) is 4.79 Å². The third kappa shape index (κ3) is 6.80. The standard InChI is InChI=1S/C12H27N3O/c1-5-10(2)11(13)12(16)14-8-6-7-9-15(3)4/h10-11H,5-9,13H2,1-4H3,(H,14,16). The summed E-state index contributed by atoms with van der Waals surface area (Å²) in [5.74, 6) is 0.237. The lowest BCUT2D eigenvalue weighted by Gasteiger charge is -2.17. The first kappa shape index (κ1) is 15.4. The van der Waals surface area contributed by atoms with E-state index < -0.39 is 0 Å². The van der Waals surface area contributed by atoms with Gasteiger partial charge in [0, 0.05) is 6.54 Å². The van der Waals surface area contributed by atoms with Gasteiger partial charge in [-0.2, -0.15) is 0 Å². The van der Waals surface area contributed by atoms with Gasteiger partial charge in [0.2, 0.25) is 5.91 Å². The highest BCUT2D eigenvalue weighted by Crippen LogP contribution is 2.04. The molecule has 2 unspecified atom stereocenters. The molecule has 16 heavy (non-hydrogen) atoms. The Bertz CT molecular complexity index is 195. The summed E-state index contributed by atoms with van der Waals surface area (Å²) in [6.45, 7) is 5.86. The Morgan fingerprint density at radius 2 is 2.00 bits per heavy atom. The molecule has 0 bridgehead atoms. The second-order valence-electron chi connectivity index (χ2n) is 4.71. The highest BCUT2D eigenvalue weighted by Gasteiger charge is 2.18. The Morgan fingerprint density at radius 1 is 1.38 bits per heavy atom. The molecule has 0 radical (unpaired) electrons. The molecule has 0 aliphatic rings. The van der Waals surface area contributed by atoms with Crippen molar-refractivity contribution in [3.05, 3.63) is 0 Å². The van der Waals surface area contributed by atoms with Gasteiger partial charge in [0.1, 0.15) is 0 Å². The predicted octanol–water partition coefficient (Wildman–Crippen LogP) is 0.818. The molecule has 0 spiro atoms. The molecule has 96 valence electrons. The molecule has 4 heteroatoms. The van der Waals surface area contributed by atoms with Crippen molar-refractivity contribution < 1.29 is 4.79 Å². The normalized spacial score (nSPS) is 14.9. The maximum Gasteiger partial charge on any atom is 0.237 e. The number of nitrogens with zero attached hydrogens (tertiary/aromatic N) is 1. The molecule has 0 aromatic heterocycles. The molecule has 0 aromatic rings. The molecule has 0 heterocycles. The van der Waals surface area contributed by atoms with Crippen LogP contribution >= 0.6 is 0 Å². The van der Waals surface area contributed by atoms with Gasteiger partial charge < -0.3 is 16.0 Å². The van der Waals surface area contributed by atoms with Gasteiger partial charge in [-0.15, -0.1) is 0 Å². The lowest BCUT2D eigenvalue weighted by Crippen LogP contribution is -2.44. The van der Waals surface area contributed by atoms with Crippen LogP contribution in [-0.4, -0.2) is 44.0 Å². The summed E-state index contributed by atoms with van der Waals surface area (Å²) < 4.78 is 0. The summed E-state index contributed by atoms with van der Waals surface area (Å²) >= 11 is 0. The maximum absolute atomic E-state index is 11.6. The van der Waals surface area contributed by atoms with Crippen LogP contribution in [0.1, 0.15) is 33.1 Å². The van der Waals surface area contributed by atoms with E-state index in [9.17, 15) is 4.79 Å². The van der Waals surface area contributed by atoms with Gasteiger partial charge in [-0.25, -0.2) is 0 Å². The van der Waals surface area contributed by atoms with Crippen LogP contribution in [0.3, 0.4) is 0 Å². The fraction of sp³-hybridized carbons (Fsp3) is 0.917. The summed E-state index contributed by atoms with van der Waals surface area (Å²) in [6, 6.07) is -0.362. The summed E-state index contributed by atoms with van der Waals surface area (Å²) in [5.41, 5.74) is 5.81. The van der Waals surface area contributed by atoms with Crippen LogP contribution in [0.15, 0.2) is 0 Å². The number of hydrogen-bond acceptors (Lipinski definition) is 3. The van der Waals surface area contributed by atoms with E-state index in [1.54, 1.807) is 0 Å². The zero-order valence-electron chi connectivity index (χ0n) is 11.1. The molecule has 0 aliphatic carbocycles. The van der Waals surface area contributed by atoms with Crippen molar-refractivity contribution in [2.75, 3.05) is 27.2 Å². The Hall–Kier alpha value is -0.610. The molecule has 0 saturated heterocycles. The van der Waals surface area contributed by atoms with Crippen molar-refractivity contribution in [2.24, 2.45) is 11.7 Å². The molecule has 0 aromatic carbocycles. The highest BCUT2D eigenvalue weighted by atomic mass is 16.2. The highest BCUT2D eigenvalue weighted by molar-refractivity contribution is 5.81. The van der Waals surface area contributed by atoms with Gasteiger partial charge in [0.05, 0.1) is 6.04 Å². The minimum atomic E-state index is -0.362. The van der Waals surface area contributed by atoms with E-state index in [4.69, 9.17) is 5.73 Å². The lowest BCUT2D eigenvalue weighted by atomic mass is 9.99. The van der Waals surface area contributed by atoms with E-state index in [-0.39, 0.29) is 17.9 Å². The molecule has 4 nitrogen and oxygen atoms in total. The van der Waals surface area contributed by atoms with Crippen LogP contribution in [0.2, 0.25) is 0 Å². The first-order chi connectivity index (χ1) is 7.49. The van der Waals surface area contributed by atoms with E-state index in [1.165, 1.54) is 0 Å². The van der Waals surface area contributed by atoms with Gasteiger partial charge in [0.15, 0.2) is 0 Å². The second-order valence-corrected chi connectivity index (χ2v) is 4.71. The van der Waals surface area contributed by atoms with Crippen molar-refractivity contribution >= 4 is 5.91 Å². The fourth-order valence-corrected chi connectivity index (χ4v) is 1.39. The van der Waals surface area contributed by atoms with Gasteiger partial charge in [-0.1, -0.05) is 20.3 Å². The monoisotopic (exact) mass is 229 g/mol. The number of nitrogens with one attached hydrogen (secondary N) is 1. The number of nitrogens with two attached hydrogens (primary N) is 1. The van der Waals surface area contributed by atoms with Crippen LogP contribution in [0, 0.1) is 5.92 Å². The largest absolute Gasteiger partial charge is 0.355 e. The number of amides is 1.